The lowest BCUT2D eigenvalue weighted by Crippen LogP contribution is -2.41. The van der Waals surface area contributed by atoms with E-state index in [4.69, 9.17) is 4.74 Å². The second-order valence-corrected chi connectivity index (χ2v) is 3.56. The van der Waals surface area contributed by atoms with Crippen LogP contribution in [-0.4, -0.2) is 38.8 Å². The van der Waals surface area contributed by atoms with Crippen molar-refractivity contribution in [3.05, 3.63) is 0 Å². The molecule has 0 aromatic carbocycles. The van der Waals surface area contributed by atoms with Crippen LogP contribution >= 0.6 is 12.4 Å². The molecule has 0 spiro atoms. The maximum Gasteiger partial charge on any atom is 0.225 e. The summed E-state index contributed by atoms with van der Waals surface area (Å²) in [7, 11) is 1.60. The Morgan fingerprint density at radius 1 is 1.40 bits per heavy atom. The van der Waals surface area contributed by atoms with Gasteiger partial charge >= 0.3 is 0 Å². The van der Waals surface area contributed by atoms with Gasteiger partial charge in [-0.1, -0.05) is 13.8 Å². The number of halogens is 1. The molecule has 0 bridgehead atoms. The van der Waals surface area contributed by atoms with Crippen molar-refractivity contribution in [1.29, 1.82) is 0 Å². The number of carbonyl (C=O) groups excluding carboxylic acids is 1. The Balaban J connectivity index is 0. The summed E-state index contributed by atoms with van der Waals surface area (Å²) in [5.74, 6) is -0.0228. The molecule has 0 fully saturated rings. The van der Waals surface area contributed by atoms with Crippen LogP contribution in [0.15, 0.2) is 0 Å². The van der Waals surface area contributed by atoms with Gasteiger partial charge in [0.15, 0.2) is 0 Å². The van der Waals surface area contributed by atoms with Gasteiger partial charge in [-0.3, -0.25) is 4.79 Å². The number of ether oxygens (including phenoxy) is 1. The second kappa shape index (κ2) is 10.2. The van der Waals surface area contributed by atoms with Crippen molar-refractivity contribution in [3.8, 4) is 0 Å². The van der Waals surface area contributed by atoms with Crippen LogP contribution in [-0.2, 0) is 9.53 Å². The SMILES string of the molecule is CCN[C@H](C)CNC(=O)C(C)COC.Cl. The highest BCUT2D eigenvalue weighted by Crippen LogP contribution is 1.94. The summed E-state index contributed by atoms with van der Waals surface area (Å²) in [6, 6.07) is 0.318. The second-order valence-electron chi connectivity index (χ2n) is 3.56. The van der Waals surface area contributed by atoms with E-state index in [1.54, 1.807) is 7.11 Å². The Morgan fingerprint density at radius 2 is 2.00 bits per heavy atom. The third kappa shape index (κ3) is 8.66. The summed E-state index contributed by atoms with van der Waals surface area (Å²) in [6.07, 6.45) is 0. The van der Waals surface area contributed by atoms with E-state index in [9.17, 15) is 4.79 Å². The average molecular weight is 239 g/mol. The molecule has 0 aliphatic heterocycles. The molecular formula is C10H23ClN2O2. The topological polar surface area (TPSA) is 50.4 Å². The molecule has 15 heavy (non-hydrogen) atoms. The molecule has 1 unspecified atom stereocenters. The lowest BCUT2D eigenvalue weighted by atomic mass is 10.2. The molecule has 2 atom stereocenters. The van der Waals surface area contributed by atoms with Gasteiger partial charge < -0.3 is 15.4 Å². The molecule has 4 nitrogen and oxygen atoms in total. The molecule has 92 valence electrons. The van der Waals surface area contributed by atoms with Crippen LogP contribution in [0.25, 0.3) is 0 Å². The smallest absolute Gasteiger partial charge is 0.225 e. The summed E-state index contributed by atoms with van der Waals surface area (Å²) in [5, 5.41) is 6.10. The van der Waals surface area contributed by atoms with Crippen molar-refractivity contribution in [1.82, 2.24) is 10.6 Å². The number of methoxy groups -OCH3 is 1. The van der Waals surface area contributed by atoms with Gasteiger partial charge in [0.05, 0.1) is 12.5 Å². The highest BCUT2D eigenvalue weighted by Gasteiger charge is 2.12. The van der Waals surface area contributed by atoms with E-state index in [1.807, 2.05) is 20.8 Å². The zero-order chi connectivity index (χ0) is 11.0. The van der Waals surface area contributed by atoms with Crippen molar-refractivity contribution < 1.29 is 9.53 Å². The molecule has 0 aliphatic carbocycles. The van der Waals surface area contributed by atoms with E-state index in [0.717, 1.165) is 6.54 Å². The predicted molar refractivity (Wildman–Crippen MR) is 64.4 cm³/mol. The molecule has 0 aromatic rings. The molecule has 0 aliphatic rings. The van der Waals surface area contributed by atoms with Crippen LogP contribution in [0.1, 0.15) is 20.8 Å². The molecule has 5 heteroatoms. The largest absolute Gasteiger partial charge is 0.384 e. The summed E-state index contributed by atoms with van der Waals surface area (Å²) < 4.78 is 4.90. The van der Waals surface area contributed by atoms with E-state index in [1.165, 1.54) is 0 Å². The molecule has 1 amide bonds. The van der Waals surface area contributed by atoms with Crippen LogP contribution in [0, 0.1) is 5.92 Å². The first kappa shape index (κ1) is 17.1. The van der Waals surface area contributed by atoms with Crippen molar-refractivity contribution in [2.45, 2.75) is 26.8 Å². The Labute approximate surface area is 98.6 Å². The number of nitrogens with one attached hydrogen (secondary N) is 2. The number of rotatable bonds is 7. The fraction of sp³-hybridized carbons (Fsp3) is 0.900. The van der Waals surface area contributed by atoms with Gasteiger partial charge in [-0.25, -0.2) is 0 Å². The molecule has 0 heterocycles. The van der Waals surface area contributed by atoms with Gasteiger partial charge in [-0.15, -0.1) is 12.4 Å². The fourth-order valence-electron chi connectivity index (χ4n) is 1.17. The third-order valence-corrected chi connectivity index (χ3v) is 2.00. The fourth-order valence-corrected chi connectivity index (χ4v) is 1.17. The molecule has 0 rings (SSSR count). The van der Waals surface area contributed by atoms with Crippen molar-refractivity contribution in [2.75, 3.05) is 26.8 Å². The molecule has 0 aromatic heterocycles. The van der Waals surface area contributed by atoms with Crippen molar-refractivity contribution in [2.24, 2.45) is 5.92 Å². The minimum atomic E-state index is -0.0752. The molecule has 0 saturated heterocycles. The highest BCUT2D eigenvalue weighted by molar-refractivity contribution is 5.85. The van der Waals surface area contributed by atoms with Gasteiger partial charge in [0.25, 0.3) is 0 Å². The first-order valence-corrected chi connectivity index (χ1v) is 5.11. The van der Waals surface area contributed by atoms with E-state index < -0.39 is 0 Å². The summed E-state index contributed by atoms with van der Waals surface area (Å²) in [4.78, 5) is 11.4. The number of hydrogen-bond acceptors (Lipinski definition) is 3. The third-order valence-electron chi connectivity index (χ3n) is 2.00. The van der Waals surface area contributed by atoms with Crippen molar-refractivity contribution >= 4 is 18.3 Å². The highest BCUT2D eigenvalue weighted by atomic mass is 35.5. The summed E-state index contributed by atoms with van der Waals surface area (Å²) in [6.45, 7) is 8.01. The Bertz CT molecular complexity index is 168. The standard InChI is InChI=1S/C10H22N2O2.ClH/c1-5-11-9(3)6-12-10(13)8(2)7-14-4;/h8-9,11H,5-7H2,1-4H3,(H,12,13);1H/t8?,9-;/m1./s1. The summed E-state index contributed by atoms with van der Waals surface area (Å²) in [5.41, 5.74) is 0. The van der Waals surface area contributed by atoms with Crippen LogP contribution in [0.4, 0.5) is 0 Å². The first-order valence-electron chi connectivity index (χ1n) is 5.11. The minimum Gasteiger partial charge on any atom is -0.384 e. The Morgan fingerprint density at radius 3 is 2.47 bits per heavy atom. The monoisotopic (exact) mass is 238 g/mol. The van der Waals surface area contributed by atoms with E-state index in [0.29, 0.717) is 19.2 Å². The minimum absolute atomic E-state index is 0. The van der Waals surface area contributed by atoms with Gasteiger partial charge in [0.1, 0.15) is 0 Å². The Kier molecular flexibility index (Phi) is 11.6. The normalized spacial score (nSPS) is 13.9. The first-order chi connectivity index (χ1) is 6.61. The number of carbonyl (C=O) groups is 1. The molecule has 0 radical (unpaired) electrons. The predicted octanol–water partition coefficient (Wildman–Crippen LogP) is 0.805. The van der Waals surface area contributed by atoms with Crippen LogP contribution < -0.4 is 10.6 Å². The summed E-state index contributed by atoms with van der Waals surface area (Å²) >= 11 is 0. The zero-order valence-corrected chi connectivity index (χ0v) is 10.8. The van der Waals surface area contributed by atoms with Crippen LogP contribution in [0.3, 0.4) is 0 Å². The number of likely N-dealkylation sites (N-methyl/N-ethyl adjacent to an activating group) is 1. The quantitative estimate of drug-likeness (QED) is 0.690. The molecule has 0 saturated carbocycles. The van der Waals surface area contributed by atoms with Gasteiger partial charge in [-0.05, 0) is 13.5 Å². The van der Waals surface area contributed by atoms with Crippen LogP contribution in [0.2, 0.25) is 0 Å². The van der Waals surface area contributed by atoms with E-state index in [2.05, 4.69) is 10.6 Å². The maximum absolute atomic E-state index is 11.4. The molecular weight excluding hydrogens is 216 g/mol. The zero-order valence-electron chi connectivity index (χ0n) is 10.0. The van der Waals surface area contributed by atoms with Gasteiger partial charge in [0, 0.05) is 19.7 Å². The van der Waals surface area contributed by atoms with Crippen molar-refractivity contribution in [3.63, 3.8) is 0 Å². The van der Waals surface area contributed by atoms with Crippen LogP contribution in [0.5, 0.6) is 0 Å². The lowest BCUT2D eigenvalue weighted by Gasteiger charge is -2.15. The average Bonchev–Trinajstić information content (AvgIpc) is 2.15. The lowest BCUT2D eigenvalue weighted by molar-refractivity contribution is -0.126. The van der Waals surface area contributed by atoms with E-state index >= 15 is 0 Å². The van der Waals surface area contributed by atoms with Gasteiger partial charge in [-0.2, -0.15) is 0 Å². The van der Waals surface area contributed by atoms with Gasteiger partial charge in [0.2, 0.25) is 5.91 Å². The number of hydrogen-bond donors (Lipinski definition) is 2. The maximum atomic E-state index is 11.4. The number of amides is 1. The Hall–Kier alpha value is -0.320. The molecule has 2 N–H and O–H groups in total. The van der Waals surface area contributed by atoms with E-state index in [-0.39, 0.29) is 24.2 Å².